The van der Waals surface area contributed by atoms with Gasteiger partial charge in [0.2, 0.25) is 0 Å². The molecule has 3 N–H and O–H groups in total. The van der Waals surface area contributed by atoms with Gasteiger partial charge in [0.15, 0.2) is 0 Å². The highest BCUT2D eigenvalue weighted by molar-refractivity contribution is 5.26. The van der Waals surface area contributed by atoms with Crippen LogP contribution in [-0.4, -0.2) is 33.1 Å². The van der Waals surface area contributed by atoms with E-state index in [0.717, 1.165) is 6.42 Å². The van der Waals surface area contributed by atoms with E-state index in [1.165, 1.54) is 37.7 Å². The predicted molar refractivity (Wildman–Crippen MR) is 123 cm³/mol. The molecule has 3 aliphatic carbocycles. The Kier molecular flexibility index (Phi) is 7.22. The first-order valence-corrected chi connectivity index (χ1v) is 12.0. The van der Waals surface area contributed by atoms with E-state index >= 15 is 0 Å². The average Bonchev–Trinajstić information content (AvgIpc) is 3.00. The van der Waals surface area contributed by atoms with Crippen LogP contribution in [0.2, 0.25) is 0 Å². The van der Waals surface area contributed by atoms with Crippen LogP contribution in [-0.2, 0) is 0 Å². The molecule has 0 aliphatic heterocycles. The summed E-state index contributed by atoms with van der Waals surface area (Å²) in [6, 6.07) is 0. The molecule has 3 aliphatic rings. The first-order valence-electron chi connectivity index (χ1n) is 12.0. The van der Waals surface area contributed by atoms with Gasteiger partial charge in [-0.25, -0.2) is 0 Å². The van der Waals surface area contributed by atoms with E-state index in [4.69, 9.17) is 0 Å². The van der Waals surface area contributed by atoms with Crippen LogP contribution in [0.3, 0.4) is 0 Å². The highest BCUT2D eigenvalue weighted by Gasteiger charge is 2.50. The normalized spacial score (nSPS) is 40.7. The van der Waals surface area contributed by atoms with Crippen molar-refractivity contribution >= 4 is 0 Å². The summed E-state index contributed by atoms with van der Waals surface area (Å²) in [7, 11) is 0. The third kappa shape index (κ3) is 5.21. The summed E-state index contributed by atoms with van der Waals surface area (Å²) in [4.78, 5) is 0. The van der Waals surface area contributed by atoms with E-state index < -0.39 is 17.8 Å². The maximum Gasteiger partial charge on any atom is 0.119 e. The average molecular weight is 415 g/mol. The minimum Gasteiger partial charge on any atom is -0.392 e. The lowest BCUT2D eigenvalue weighted by atomic mass is 9.61. The minimum absolute atomic E-state index is 0.0376. The summed E-state index contributed by atoms with van der Waals surface area (Å²) in [5.74, 6) is 8.03. The molecule has 30 heavy (non-hydrogen) atoms. The third-order valence-electron chi connectivity index (χ3n) is 8.23. The molecule has 0 radical (unpaired) electrons. The number of rotatable bonds is 3. The summed E-state index contributed by atoms with van der Waals surface area (Å²) in [6.45, 7) is 10.3. The van der Waals surface area contributed by atoms with Gasteiger partial charge in [0.05, 0.1) is 12.2 Å². The standard InChI is InChI=1S/C27H42O3/c1-18(8-6-14-26(3,4)30)22-12-13-23-21(9-7-15-27(22,23)5)11-10-20-16-24(28)19(2)25(29)17-20/h10-11,18-19,22-25,28-30H,7-9,12-13,15-17H2,1-5H3/b20-10?,21-11+/t18-,19?,22-,23-,24-,25+,27-/m1/s1. The van der Waals surface area contributed by atoms with Gasteiger partial charge in [0, 0.05) is 12.3 Å². The van der Waals surface area contributed by atoms with Crippen LogP contribution in [0, 0.1) is 40.9 Å². The first-order chi connectivity index (χ1) is 14.0. The molecule has 0 amide bonds. The summed E-state index contributed by atoms with van der Waals surface area (Å²) in [5, 5.41) is 30.3. The Labute approximate surface area is 183 Å². The van der Waals surface area contributed by atoms with Crippen LogP contribution in [0.15, 0.2) is 23.3 Å². The SMILES string of the molecule is CC1[C@H](O)CC(=C/C=C2\CCC[C@@]3(C)[C@@H]2CC[C@@H]3[C@H](C)CC#CC(C)(C)O)C[C@@H]1O. The monoisotopic (exact) mass is 414 g/mol. The van der Waals surface area contributed by atoms with Gasteiger partial charge >= 0.3 is 0 Å². The van der Waals surface area contributed by atoms with Gasteiger partial charge in [-0.15, -0.1) is 5.92 Å². The lowest BCUT2D eigenvalue weighted by Gasteiger charge is -2.44. The van der Waals surface area contributed by atoms with Crippen LogP contribution >= 0.6 is 0 Å². The number of hydrogen-bond donors (Lipinski definition) is 3. The van der Waals surface area contributed by atoms with Gasteiger partial charge in [-0.2, -0.15) is 0 Å². The van der Waals surface area contributed by atoms with E-state index in [1.54, 1.807) is 19.4 Å². The molecule has 3 saturated carbocycles. The molecule has 0 aromatic carbocycles. The van der Waals surface area contributed by atoms with Gasteiger partial charge in [-0.05, 0) is 82.0 Å². The van der Waals surface area contributed by atoms with E-state index in [9.17, 15) is 15.3 Å². The zero-order valence-corrected chi connectivity index (χ0v) is 19.6. The second-order valence-corrected chi connectivity index (χ2v) is 11.1. The molecule has 3 heteroatoms. The molecule has 0 bridgehead atoms. The Morgan fingerprint density at radius 2 is 1.83 bits per heavy atom. The van der Waals surface area contributed by atoms with Crippen molar-refractivity contribution in [1.29, 1.82) is 0 Å². The second kappa shape index (κ2) is 9.19. The fourth-order valence-corrected chi connectivity index (χ4v) is 6.39. The first kappa shape index (κ1) is 23.6. The number of fused-ring (bicyclic) bond motifs is 1. The predicted octanol–water partition coefficient (Wildman–Crippen LogP) is 5.01. The van der Waals surface area contributed by atoms with Crippen molar-refractivity contribution in [2.75, 3.05) is 0 Å². The zero-order chi connectivity index (χ0) is 22.1. The maximum absolute atomic E-state index is 10.2. The smallest absolute Gasteiger partial charge is 0.119 e. The van der Waals surface area contributed by atoms with Crippen molar-refractivity contribution in [2.24, 2.45) is 29.1 Å². The number of aliphatic hydroxyl groups excluding tert-OH is 2. The summed E-state index contributed by atoms with van der Waals surface area (Å²) in [6.07, 6.45) is 12.1. The Morgan fingerprint density at radius 1 is 1.17 bits per heavy atom. The number of allylic oxidation sites excluding steroid dienone is 3. The molecule has 7 atom stereocenters. The van der Waals surface area contributed by atoms with Crippen LogP contribution in [0.4, 0.5) is 0 Å². The second-order valence-electron chi connectivity index (χ2n) is 11.1. The highest BCUT2D eigenvalue weighted by Crippen LogP contribution is 2.59. The van der Waals surface area contributed by atoms with Crippen molar-refractivity contribution in [3.05, 3.63) is 23.3 Å². The third-order valence-corrected chi connectivity index (χ3v) is 8.23. The zero-order valence-electron chi connectivity index (χ0n) is 19.6. The van der Waals surface area contributed by atoms with Crippen molar-refractivity contribution in [2.45, 2.75) is 104 Å². The quantitative estimate of drug-likeness (QED) is 0.569. The number of aliphatic hydroxyl groups is 3. The van der Waals surface area contributed by atoms with E-state index in [1.807, 2.05) is 6.92 Å². The molecule has 168 valence electrons. The lowest BCUT2D eigenvalue weighted by Crippen LogP contribution is -2.36. The van der Waals surface area contributed by atoms with Crippen LogP contribution < -0.4 is 0 Å². The van der Waals surface area contributed by atoms with E-state index in [-0.39, 0.29) is 5.92 Å². The maximum atomic E-state index is 10.2. The molecule has 3 nitrogen and oxygen atoms in total. The van der Waals surface area contributed by atoms with Gasteiger partial charge in [-0.3, -0.25) is 0 Å². The molecule has 0 heterocycles. The van der Waals surface area contributed by atoms with Crippen molar-refractivity contribution in [3.63, 3.8) is 0 Å². The molecule has 0 spiro atoms. The summed E-state index contributed by atoms with van der Waals surface area (Å²) in [5.41, 5.74) is 2.17. The highest BCUT2D eigenvalue weighted by atomic mass is 16.3. The molecule has 3 rings (SSSR count). The van der Waals surface area contributed by atoms with E-state index in [0.29, 0.717) is 36.0 Å². The van der Waals surface area contributed by atoms with Crippen molar-refractivity contribution in [1.82, 2.24) is 0 Å². The topological polar surface area (TPSA) is 60.7 Å². The molecular formula is C27H42O3. The molecule has 0 saturated heterocycles. The summed E-state index contributed by atoms with van der Waals surface area (Å²) < 4.78 is 0. The Morgan fingerprint density at radius 3 is 2.47 bits per heavy atom. The molecular weight excluding hydrogens is 372 g/mol. The van der Waals surface area contributed by atoms with Crippen LogP contribution in [0.5, 0.6) is 0 Å². The molecule has 1 unspecified atom stereocenters. The van der Waals surface area contributed by atoms with Crippen molar-refractivity contribution in [3.8, 4) is 11.8 Å². The van der Waals surface area contributed by atoms with Gasteiger partial charge < -0.3 is 15.3 Å². The minimum atomic E-state index is -0.909. The lowest BCUT2D eigenvalue weighted by molar-refractivity contribution is 0.00406. The molecule has 0 aromatic heterocycles. The van der Waals surface area contributed by atoms with Crippen LogP contribution in [0.1, 0.15) is 86.0 Å². The number of hydrogen-bond acceptors (Lipinski definition) is 3. The fourth-order valence-electron chi connectivity index (χ4n) is 6.39. The van der Waals surface area contributed by atoms with E-state index in [2.05, 4.69) is 37.8 Å². The molecule has 3 fully saturated rings. The largest absolute Gasteiger partial charge is 0.392 e. The Hall–Kier alpha value is -1.08. The fraction of sp³-hybridized carbons (Fsp3) is 0.778. The summed E-state index contributed by atoms with van der Waals surface area (Å²) >= 11 is 0. The van der Waals surface area contributed by atoms with Crippen molar-refractivity contribution < 1.29 is 15.3 Å². The Balaban J connectivity index is 1.72. The molecule has 0 aromatic rings. The van der Waals surface area contributed by atoms with Gasteiger partial charge in [0.1, 0.15) is 5.60 Å². The Bertz CT molecular complexity index is 717. The van der Waals surface area contributed by atoms with Gasteiger partial charge in [-0.1, -0.05) is 50.0 Å². The van der Waals surface area contributed by atoms with Crippen LogP contribution in [0.25, 0.3) is 0 Å². The van der Waals surface area contributed by atoms with Gasteiger partial charge in [0.25, 0.3) is 0 Å².